The fourth-order valence-electron chi connectivity index (χ4n) is 3.96. The van der Waals surface area contributed by atoms with E-state index in [1.165, 1.54) is 0 Å². The molecule has 1 aliphatic carbocycles. The van der Waals surface area contributed by atoms with Crippen LogP contribution in [-0.2, 0) is 4.79 Å². The number of rotatable bonds is 1. The van der Waals surface area contributed by atoms with Crippen LogP contribution in [-0.4, -0.2) is 44.1 Å². The minimum atomic E-state index is 0. The van der Waals surface area contributed by atoms with Gasteiger partial charge in [-0.05, 0) is 49.9 Å². The van der Waals surface area contributed by atoms with Gasteiger partial charge in [0.2, 0.25) is 5.91 Å². The zero-order valence-corrected chi connectivity index (χ0v) is 15.0. The van der Waals surface area contributed by atoms with Crippen LogP contribution in [0.15, 0.2) is 18.3 Å². The van der Waals surface area contributed by atoms with Gasteiger partial charge in [-0.15, -0.1) is 24.8 Å². The molecule has 5 nitrogen and oxygen atoms in total. The van der Waals surface area contributed by atoms with Crippen molar-refractivity contribution < 1.29 is 4.79 Å². The third-order valence-corrected chi connectivity index (χ3v) is 5.43. The monoisotopic (exact) mass is 358 g/mol. The Morgan fingerprint density at radius 2 is 2.04 bits per heavy atom. The number of nitrogens with zero attached hydrogens (tertiary/aromatic N) is 3. The molecule has 0 bridgehead atoms. The number of pyridine rings is 1. The lowest BCUT2D eigenvalue weighted by Gasteiger charge is -2.35. The largest absolute Gasteiger partial charge is 0.356 e. The predicted octanol–water partition coefficient (Wildman–Crippen LogP) is 2.10. The smallest absolute Gasteiger partial charge is 0.230 e. The highest BCUT2D eigenvalue weighted by molar-refractivity contribution is 6.00. The maximum atomic E-state index is 13.0. The number of hydrogen-bond acceptors (Lipinski definition) is 4. The molecule has 1 atom stereocenters. The van der Waals surface area contributed by atoms with Crippen LogP contribution in [0, 0.1) is 11.3 Å². The fraction of sp³-hybridized carbons (Fsp3) is 0.625. The lowest BCUT2D eigenvalue weighted by atomic mass is 9.91. The second kappa shape index (κ2) is 6.83. The van der Waals surface area contributed by atoms with Crippen molar-refractivity contribution in [2.24, 2.45) is 11.3 Å². The van der Waals surface area contributed by atoms with Crippen LogP contribution in [0.2, 0.25) is 0 Å². The van der Waals surface area contributed by atoms with Crippen LogP contribution in [0.25, 0.3) is 0 Å². The van der Waals surface area contributed by atoms with Gasteiger partial charge < -0.3 is 15.1 Å². The lowest BCUT2D eigenvalue weighted by Crippen LogP contribution is -2.44. The molecule has 1 unspecified atom stereocenters. The van der Waals surface area contributed by atoms with Crippen molar-refractivity contribution in [1.29, 1.82) is 0 Å². The van der Waals surface area contributed by atoms with Crippen LogP contribution >= 0.6 is 24.8 Å². The molecule has 0 radical (unpaired) electrons. The lowest BCUT2D eigenvalue weighted by molar-refractivity contribution is -0.120. The molecule has 1 aromatic heterocycles. The van der Waals surface area contributed by atoms with Gasteiger partial charge in [-0.2, -0.15) is 0 Å². The molecule has 1 aromatic rings. The Morgan fingerprint density at radius 1 is 1.30 bits per heavy atom. The molecule has 23 heavy (non-hydrogen) atoms. The average Bonchev–Trinajstić information content (AvgIpc) is 3.21. The Morgan fingerprint density at radius 3 is 2.78 bits per heavy atom. The highest BCUT2D eigenvalue weighted by atomic mass is 35.5. The molecule has 1 N–H and O–H groups in total. The first kappa shape index (κ1) is 18.3. The van der Waals surface area contributed by atoms with Crippen LogP contribution in [0.4, 0.5) is 11.5 Å². The van der Waals surface area contributed by atoms with E-state index in [4.69, 9.17) is 0 Å². The summed E-state index contributed by atoms with van der Waals surface area (Å²) >= 11 is 0. The summed E-state index contributed by atoms with van der Waals surface area (Å²) in [6, 6.07) is 3.94. The highest BCUT2D eigenvalue weighted by Gasteiger charge is 2.58. The Hall–Kier alpha value is -1.04. The molecule has 7 heteroatoms. The molecule has 2 aliphatic heterocycles. The van der Waals surface area contributed by atoms with Gasteiger partial charge >= 0.3 is 0 Å². The van der Waals surface area contributed by atoms with Crippen molar-refractivity contribution >= 4 is 42.2 Å². The Kier molecular flexibility index (Phi) is 5.44. The number of likely N-dealkylation sites (N-methyl/N-ethyl adjacent to an activating group) is 1. The van der Waals surface area contributed by atoms with Gasteiger partial charge in [0.05, 0.1) is 5.69 Å². The maximum Gasteiger partial charge on any atom is 0.230 e. The first-order valence-corrected chi connectivity index (χ1v) is 7.90. The average molecular weight is 359 g/mol. The first-order chi connectivity index (χ1) is 10.2. The third kappa shape index (κ3) is 3.02. The van der Waals surface area contributed by atoms with Crippen LogP contribution < -0.4 is 15.1 Å². The van der Waals surface area contributed by atoms with E-state index in [0.717, 1.165) is 56.9 Å². The number of nitrogens with one attached hydrogen (secondary N) is 1. The number of anilines is 2. The van der Waals surface area contributed by atoms with Gasteiger partial charge in [-0.25, -0.2) is 4.98 Å². The maximum absolute atomic E-state index is 13.0. The fourth-order valence-corrected chi connectivity index (χ4v) is 3.96. The van der Waals surface area contributed by atoms with Crippen LogP contribution in [0.3, 0.4) is 0 Å². The van der Waals surface area contributed by atoms with Crippen molar-refractivity contribution in [2.45, 2.75) is 19.3 Å². The summed E-state index contributed by atoms with van der Waals surface area (Å²) in [4.78, 5) is 21.5. The van der Waals surface area contributed by atoms with Gasteiger partial charge in [0, 0.05) is 32.3 Å². The van der Waals surface area contributed by atoms with Gasteiger partial charge in [-0.1, -0.05) is 0 Å². The number of aromatic nitrogens is 1. The normalized spacial score (nSPS) is 24.3. The summed E-state index contributed by atoms with van der Waals surface area (Å²) in [6.45, 7) is 3.76. The first-order valence-electron chi connectivity index (χ1n) is 7.90. The number of carbonyl (C=O) groups is 1. The quantitative estimate of drug-likeness (QED) is 0.834. The predicted molar refractivity (Wildman–Crippen MR) is 97.0 cm³/mol. The van der Waals surface area contributed by atoms with Crippen LogP contribution in [0.1, 0.15) is 19.3 Å². The molecule has 4 rings (SSSR count). The number of piperidine rings is 1. The molecule has 1 spiro atoms. The summed E-state index contributed by atoms with van der Waals surface area (Å²) in [5, 5.41) is 3.40. The minimum Gasteiger partial charge on any atom is -0.356 e. The minimum absolute atomic E-state index is 0. The van der Waals surface area contributed by atoms with E-state index in [9.17, 15) is 4.79 Å². The second-order valence-corrected chi connectivity index (χ2v) is 6.63. The van der Waals surface area contributed by atoms with Crippen molar-refractivity contribution in [1.82, 2.24) is 10.3 Å². The van der Waals surface area contributed by atoms with Crippen molar-refractivity contribution in [3.05, 3.63) is 18.3 Å². The van der Waals surface area contributed by atoms with Crippen LogP contribution in [0.5, 0.6) is 0 Å². The van der Waals surface area contributed by atoms with E-state index in [1.807, 2.05) is 24.1 Å². The summed E-state index contributed by atoms with van der Waals surface area (Å²) in [5.41, 5.74) is 1.28. The van der Waals surface area contributed by atoms with E-state index in [2.05, 4.69) is 15.2 Å². The molecule has 0 aromatic carbocycles. The van der Waals surface area contributed by atoms with E-state index < -0.39 is 0 Å². The molecular formula is C16H24Cl2N4O. The third-order valence-electron chi connectivity index (χ3n) is 5.43. The van der Waals surface area contributed by atoms with E-state index in [0.29, 0.717) is 11.3 Å². The summed E-state index contributed by atoms with van der Waals surface area (Å²) in [5.74, 6) is 1.48. The zero-order valence-electron chi connectivity index (χ0n) is 13.3. The molecule has 3 aliphatic rings. The van der Waals surface area contributed by atoms with E-state index in [-0.39, 0.29) is 30.7 Å². The molecule has 3 heterocycles. The van der Waals surface area contributed by atoms with Crippen molar-refractivity contribution in [2.75, 3.05) is 43.0 Å². The van der Waals surface area contributed by atoms with Crippen molar-refractivity contribution in [3.8, 4) is 0 Å². The van der Waals surface area contributed by atoms with Gasteiger partial charge in [-0.3, -0.25) is 4.79 Å². The van der Waals surface area contributed by atoms with Gasteiger partial charge in [0.15, 0.2) is 5.82 Å². The molecule has 128 valence electrons. The van der Waals surface area contributed by atoms with Gasteiger partial charge in [0.25, 0.3) is 0 Å². The molecule has 2 fully saturated rings. The number of amides is 1. The molecular weight excluding hydrogens is 335 g/mol. The van der Waals surface area contributed by atoms with E-state index >= 15 is 0 Å². The number of hydrogen-bond donors (Lipinski definition) is 1. The summed E-state index contributed by atoms with van der Waals surface area (Å²) in [7, 11) is 2.04. The SMILES string of the molecule is CN1CCN(C(=O)C2CC23CCNCC3)c2cccnc21.Cl.Cl. The molecule has 1 saturated carbocycles. The molecule has 1 saturated heterocycles. The second-order valence-electron chi connectivity index (χ2n) is 6.63. The zero-order chi connectivity index (χ0) is 14.4. The Labute approximate surface area is 149 Å². The number of halogens is 2. The Balaban J connectivity index is 0.000000960. The topological polar surface area (TPSA) is 48.5 Å². The van der Waals surface area contributed by atoms with Gasteiger partial charge in [0.1, 0.15) is 0 Å². The number of fused-ring (bicyclic) bond motifs is 1. The standard InChI is InChI=1S/C16H22N4O.2ClH/c1-19-9-10-20(13-3-2-6-18-14(13)19)15(21)12-11-16(12)4-7-17-8-5-16;;/h2-3,6,12,17H,4-5,7-11H2,1H3;2*1H. The summed E-state index contributed by atoms with van der Waals surface area (Å²) in [6.07, 6.45) is 5.18. The number of carbonyl (C=O) groups excluding carboxylic acids is 1. The van der Waals surface area contributed by atoms with Crippen molar-refractivity contribution in [3.63, 3.8) is 0 Å². The highest BCUT2D eigenvalue weighted by Crippen LogP contribution is 2.59. The van der Waals surface area contributed by atoms with E-state index in [1.54, 1.807) is 6.20 Å². The molecule has 1 amide bonds. The Bertz CT molecular complexity index is 577. The summed E-state index contributed by atoms with van der Waals surface area (Å²) < 4.78 is 0.